The van der Waals surface area contributed by atoms with Crippen LogP contribution in [0.3, 0.4) is 0 Å². The van der Waals surface area contributed by atoms with Gasteiger partial charge >= 0.3 is 0 Å². The molecule has 0 aliphatic carbocycles. The predicted octanol–water partition coefficient (Wildman–Crippen LogP) is 2.75. The first-order valence-electron chi connectivity index (χ1n) is 6.53. The first-order chi connectivity index (χ1) is 9.20. The Kier molecular flexibility index (Phi) is 4.93. The Labute approximate surface area is 118 Å². The van der Waals surface area contributed by atoms with Crippen molar-refractivity contribution in [3.63, 3.8) is 0 Å². The number of hydrogen-bond donors (Lipinski definition) is 1. The molecule has 1 unspecified atom stereocenters. The molecular weight excluding hydrogens is 260 g/mol. The Morgan fingerprint density at radius 1 is 1.42 bits per heavy atom. The van der Waals surface area contributed by atoms with E-state index in [9.17, 15) is 0 Å². The third kappa shape index (κ3) is 3.78. The Bertz CT molecular complexity index is 524. The molecule has 2 rings (SSSR count). The third-order valence-corrected chi connectivity index (χ3v) is 3.26. The fourth-order valence-corrected chi connectivity index (χ4v) is 2.27. The molecule has 0 radical (unpaired) electrons. The molecule has 0 bridgehead atoms. The Morgan fingerprint density at radius 3 is 2.89 bits per heavy atom. The molecule has 0 fully saturated rings. The van der Waals surface area contributed by atoms with Gasteiger partial charge < -0.3 is 5.32 Å². The zero-order valence-corrected chi connectivity index (χ0v) is 12.1. The van der Waals surface area contributed by atoms with Gasteiger partial charge in [-0.25, -0.2) is 0 Å². The second kappa shape index (κ2) is 6.68. The highest BCUT2D eigenvalue weighted by molar-refractivity contribution is 6.31. The number of nitrogens with zero attached hydrogens (tertiary/aromatic N) is 3. The van der Waals surface area contributed by atoms with Crippen LogP contribution in [0.1, 0.15) is 30.8 Å². The monoisotopic (exact) mass is 278 g/mol. The lowest BCUT2D eigenvalue weighted by atomic mass is 10.1. The SMILES string of the molecule is CCCNC(Cc1ccn(C)n1)c1ncccc1Cl. The second-order valence-corrected chi connectivity index (χ2v) is 4.97. The van der Waals surface area contributed by atoms with E-state index < -0.39 is 0 Å². The topological polar surface area (TPSA) is 42.7 Å². The summed E-state index contributed by atoms with van der Waals surface area (Å²) in [5, 5.41) is 8.61. The highest BCUT2D eigenvalue weighted by Gasteiger charge is 2.17. The van der Waals surface area contributed by atoms with E-state index in [0.29, 0.717) is 5.02 Å². The lowest BCUT2D eigenvalue weighted by molar-refractivity contribution is 0.510. The summed E-state index contributed by atoms with van der Waals surface area (Å²) in [6.45, 7) is 3.08. The largest absolute Gasteiger partial charge is 0.308 e. The van der Waals surface area contributed by atoms with E-state index in [4.69, 9.17) is 11.6 Å². The van der Waals surface area contributed by atoms with Crippen molar-refractivity contribution in [3.05, 3.63) is 47.0 Å². The number of halogens is 1. The highest BCUT2D eigenvalue weighted by atomic mass is 35.5. The van der Waals surface area contributed by atoms with Gasteiger partial charge in [0.15, 0.2) is 0 Å². The van der Waals surface area contributed by atoms with Crippen LogP contribution in [-0.4, -0.2) is 21.3 Å². The van der Waals surface area contributed by atoms with Crippen LogP contribution in [0.4, 0.5) is 0 Å². The fraction of sp³-hybridized carbons (Fsp3) is 0.429. The average Bonchev–Trinajstić information content (AvgIpc) is 2.81. The summed E-state index contributed by atoms with van der Waals surface area (Å²) in [6, 6.07) is 5.85. The molecule has 19 heavy (non-hydrogen) atoms. The van der Waals surface area contributed by atoms with Crippen molar-refractivity contribution in [2.45, 2.75) is 25.8 Å². The molecule has 1 atom stereocenters. The molecule has 0 spiro atoms. The number of aromatic nitrogens is 3. The van der Waals surface area contributed by atoms with Crippen LogP contribution < -0.4 is 5.32 Å². The lowest BCUT2D eigenvalue weighted by Gasteiger charge is -2.18. The molecule has 0 amide bonds. The molecule has 2 aromatic heterocycles. The zero-order valence-electron chi connectivity index (χ0n) is 11.3. The standard InChI is InChI=1S/C14H19ClN4/c1-3-7-16-13(10-11-6-9-19(2)18-11)14-12(15)5-4-8-17-14/h4-6,8-9,13,16H,3,7,10H2,1-2H3. The van der Waals surface area contributed by atoms with Gasteiger partial charge in [-0.15, -0.1) is 0 Å². The maximum absolute atomic E-state index is 6.24. The molecule has 0 aliphatic rings. The molecular formula is C14H19ClN4. The molecule has 102 valence electrons. The van der Waals surface area contributed by atoms with Gasteiger partial charge in [-0.3, -0.25) is 9.67 Å². The molecule has 4 nitrogen and oxygen atoms in total. The van der Waals surface area contributed by atoms with E-state index in [1.807, 2.05) is 36.1 Å². The van der Waals surface area contributed by atoms with E-state index in [1.54, 1.807) is 6.20 Å². The summed E-state index contributed by atoms with van der Waals surface area (Å²) in [7, 11) is 1.92. The Morgan fingerprint density at radius 2 is 2.26 bits per heavy atom. The number of aryl methyl sites for hydroxylation is 1. The molecule has 2 aromatic rings. The van der Waals surface area contributed by atoms with Crippen molar-refractivity contribution in [2.24, 2.45) is 7.05 Å². The van der Waals surface area contributed by atoms with Crippen molar-refractivity contribution < 1.29 is 0 Å². The van der Waals surface area contributed by atoms with Gasteiger partial charge in [-0.1, -0.05) is 18.5 Å². The summed E-state index contributed by atoms with van der Waals surface area (Å²) in [5.41, 5.74) is 1.93. The van der Waals surface area contributed by atoms with E-state index in [-0.39, 0.29) is 6.04 Å². The summed E-state index contributed by atoms with van der Waals surface area (Å²) in [5.74, 6) is 0. The van der Waals surface area contributed by atoms with Gasteiger partial charge in [-0.2, -0.15) is 5.10 Å². The molecule has 5 heteroatoms. The Balaban J connectivity index is 2.18. The molecule has 0 aliphatic heterocycles. The van der Waals surface area contributed by atoms with Gasteiger partial charge in [-0.05, 0) is 31.2 Å². The van der Waals surface area contributed by atoms with E-state index in [1.165, 1.54) is 0 Å². The van der Waals surface area contributed by atoms with Gasteiger partial charge in [0, 0.05) is 25.9 Å². The fourth-order valence-electron chi connectivity index (χ4n) is 2.02. The molecule has 2 heterocycles. The zero-order chi connectivity index (χ0) is 13.7. The number of nitrogens with one attached hydrogen (secondary N) is 1. The molecule has 1 N–H and O–H groups in total. The number of pyridine rings is 1. The predicted molar refractivity (Wildman–Crippen MR) is 77.2 cm³/mol. The minimum absolute atomic E-state index is 0.101. The highest BCUT2D eigenvalue weighted by Crippen LogP contribution is 2.23. The van der Waals surface area contributed by atoms with Crippen LogP contribution in [0.25, 0.3) is 0 Å². The minimum Gasteiger partial charge on any atom is -0.308 e. The third-order valence-electron chi connectivity index (χ3n) is 2.94. The summed E-state index contributed by atoms with van der Waals surface area (Å²) < 4.78 is 1.81. The van der Waals surface area contributed by atoms with Crippen molar-refractivity contribution in [3.8, 4) is 0 Å². The normalized spacial score (nSPS) is 12.6. The van der Waals surface area contributed by atoms with Gasteiger partial charge in [0.05, 0.1) is 22.5 Å². The first-order valence-corrected chi connectivity index (χ1v) is 6.90. The average molecular weight is 279 g/mol. The van der Waals surface area contributed by atoms with E-state index in [0.717, 1.165) is 30.8 Å². The lowest BCUT2D eigenvalue weighted by Crippen LogP contribution is -2.25. The smallest absolute Gasteiger partial charge is 0.0762 e. The summed E-state index contributed by atoms with van der Waals surface area (Å²) in [4.78, 5) is 4.41. The number of rotatable bonds is 6. The molecule has 0 saturated heterocycles. The molecule has 0 aromatic carbocycles. The van der Waals surface area contributed by atoms with Crippen LogP contribution in [0, 0.1) is 0 Å². The van der Waals surface area contributed by atoms with Gasteiger partial charge in [0.1, 0.15) is 0 Å². The van der Waals surface area contributed by atoms with Crippen molar-refractivity contribution >= 4 is 11.6 Å². The van der Waals surface area contributed by atoms with Gasteiger partial charge in [0.25, 0.3) is 0 Å². The number of hydrogen-bond acceptors (Lipinski definition) is 3. The second-order valence-electron chi connectivity index (χ2n) is 4.56. The van der Waals surface area contributed by atoms with E-state index >= 15 is 0 Å². The summed E-state index contributed by atoms with van der Waals surface area (Å²) >= 11 is 6.24. The maximum atomic E-state index is 6.24. The van der Waals surface area contributed by atoms with Crippen LogP contribution in [0.2, 0.25) is 5.02 Å². The van der Waals surface area contributed by atoms with Crippen molar-refractivity contribution in [2.75, 3.05) is 6.54 Å². The summed E-state index contributed by atoms with van der Waals surface area (Å²) in [6.07, 6.45) is 5.59. The Hall–Kier alpha value is -1.39. The van der Waals surface area contributed by atoms with Crippen LogP contribution in [0.5, 0.6) is 0 Å². The maximum Gasteiger partial charge on any atom is 0.0762 e. The minimum atomic E-state index is 0.101. The van der Waals surface area contributed by atoms with E-state index in [2.05, 4.69) is 22.3 Å². The quantitative estimate of drug-likeness (QED) is 0.883. The van der Waals surface area contributed by atoms with Crippen LogP contribution >= 0.6 is 11.6 Å². The van der Waals surface area contributed by atoms with Crippen LogP contribution in [-0.2, 0) is 13.5 Å². The first kappa shape index (κ1) is 14.0. The van der Waals surface area contributed by atoms with Crippen molar-refractivity contribution in [1.29, 1.82) is 0 Å². The molecule has 0 saturated carbocycles. The van der Waals surface area contributed by atoms with Crippen LogP contribution in [0.15, 0.2) is 30.6 Å². The van der Waals surface area contributed by atoms with Crippen molar-refractivity contribution in [1.82, 2.24) is 20.1 Å². The van der Waals surface area contributed by atoms with Gasteiger partial charge in [0.2, 0.25) is 0 Å².